The van der Waals surface area contributed by atoms with Crippen LogP contribution in [-0.4, -0.2) is 39.6 Å². The fourth-order valence-electron chi connectivity index (χ4n) is 2.52. The van der Waals surface area contributed by atoms with Gasteiger partial charge in [-0.1, -0.05) is 25.1 Å². The van der Waals surface area contributed by atoms with Crippen molar-refractivity contribution in [3.63, 3.8) is 0 Å². The second-order valence-corrected chi connectivity index (χ2v) is 5.21. The van der Waals surface area contributed by atoms with Gasteiger partial charge in [-0.3, -0.25) is 4.79 Å². The number of aromatic amines is 1. The third-order valence-electron chi connectivity index (χ3n) is 3.61. The van der Waals surface area contributed by atoms with Gasteiger partial charge in [0.1, 0.15) is 17.8 Å². The maximum Gasteiger partial charge on any atom is 0.308 e. The number of hydrogen-bond donors (Lipinski definition) is 2. The number of aliphatic carboxylic acids is 1. The molecule has 108 valence electrons. The molecule has 2 aromatic heterocycles. The van der Waals surface area contributed by atoms with Crippen LogP contribution in [0, 0.1) is 5.92 Å². The van der Waals surface area contributed by atoms with Crippen LogP contribution in [0.15, 0.2) is 30.6 Å². The average molecular weight is 284 g/mol. The quantitative estimate of drug-likeness (QED) is 0.768. The smallest absolute Gasteiger partial charge is 0.308 e. The molecule has 0 aliphatic heterocycles. The van der Waals surface area contributed by atoms with Crippen molar-refractivity contribution in [2.75, 3.05) is 18.5 Å². The van der Waals surface area contributed by atoms with E-state index in [4.69, 9.17) is 5.11 Å². The SMILES string of the molecule is CC(CN(C)c1ncnc2[nH]c3ccccc3c12)C(=O)O. The molecule has 0 fully saturated rings. The van der Waals surface area contributed by atoms with E-state index in [1.807, 2.05) is 36.2 Å². The summed E-state index contributed by atoms with van der Waals surface area (Å²) >= 11 is 0. The van der Waals surface area contributed by atoms with Gasteiger partial charge in [-0.15, -0.1) is 0 Å². The molecule has 1 atom stereocenters. The van der Waals surface area contributed by atoms with E-state index >= 15 is 0 Å². The number of anilines is 1. The van der Waals surface area contributed by atoms with Gasteiger partial charge in [0.15, 0.2) is 0 Å². The Morgan fingerprint density at radius 2 is 2.14 bits per heavy atom. The number of rotatable bonds is 4. The van der Waals surface area contributed by atoms with Gasteiger partial charge in [-0.05, 0) is 6.07 Å². The van der Waals surface area contributed by atoms with E-state index in [2.05, 4.69) is 15.0 Å². The van der Waals surface area contributed by atoms with Gasteiger partial charge in [0, 0.05) is 24.5 Å². The molecule has 0 amide bonds. The summed E-state index contributed by atoms with van der Waals surface area (Å²) in [6, 6.07) is 7.92. The number of hydrogen-bond acceptors (Lipinski definition) is 4. The zero-order valence-corrected chi connectivity index (χ0v) is 11.9. The predicted molar refractivity (Wildman–Crippen MR) is 81.5 cm³/mol. The first-order valence-corrected chi connectivity index (χ1v) is 6.73. The van der Waals surface area contributed by atoms with Crippen molar-refractivity contribution in [2.45, 2.75) is 6.92 Å². The molecular formula is C15H16N4O2. The summed E-state index contributed by atoms with van der Waals surface area (Å²) in [6.45, 7) is 2.08. The summed E-state index contributed by atoms with van der Waals surface area (Å²) in [5.74, 6) is -0.540. The Kier molecular flexibility index (Phi) is 3.21. The van der Waals surface area contributed by atoms with Crippen molar-refractivity contribution in [2.24, 2.45) is 5.92 Å². The van der Waals surface area contributed by atoms with Crippen molar-refractivity contribution < 1.29 is 9.90 Å². The van der Waals surface area contributed by atoms with Gasteiger partial charge in [0.05, 0.1) is 11.3 Å². The molecule has 0 saturated carbocycles. The Bertz CT molecular complexity index is 812. The third kappa shape index (κ3) is 2.29. The fraction of sp³-hybridized carbons (Fsp3) is 0.267. The molecule has 0 spiro atoms. The highest BCUT2D eigenvalue weighted by atomic mass is 16.4. The summed E-state index contributed by atoms with van der Waals surface area (Å²) in [4.78, 5) is 24.8. The summed E-state index contributed by atoms with van der Waals surface area (Å²) in [6.07, 6.45) is 1.50. The Morgan fingerprint density at radius 1 is 1.38 bits per heavy atom. The monoisotopic (exact) mass is 284 g/mol. The normalized spacial score (nSPS) is 12.7. The number of para-hydroxylation sites is 1. The molecule has 0 aliphatic carbocycles. The molecule has 0 aliphatic rings. The van der Waals surface area contributed by atoms with Crippen LogP contribution in [0.25, 0.3) is 21.9 Å². The molecule has 0 radical (unpaired) electrons. The maximum atomic E-state index is 11.0. The van der Waals surface area contributed by atoms with Crippen LogP contribution in [0.4, 0.5) is 5.82 Å². The van der Waals surface area contributed by atoms with E-state index in [0.29, 0.717) is 6.54 Å². The van der Waals surface area contributed by atoms with Crippen molar-refractivity contribution in [3.05, 3.63) is 30.6 Å². The van der Waals surface area contributed by atoms with Crippen LogP contribution in [-0.2, 0) is 4.79 Å². The van der Waals surface area contributed by atoms with Crippen molar-refractivity contribution in [1.82, 2.24) is 15.0 Å². The molecular weight excluding hydrogens is 268 g/mol. The molecule has 6 nitrogen and oxygen atoms in total. The molecule has 21 heavy (non-hydrogen) atoms. The second kappa shape index (κ2) is 5.05. The molecule has 1 aromatic carbocycles. The predicted octanol–water partition coefficient (Wildman–Crippen LogP) is 2.27. The highest BCUT2D eigenvalue weighted by Crippen LogP contribution is 2.30. The van der Waals surface area contributed by atoms with Crippen LogP contribution in [0.5, 0.6) is 0 Å². The molecule has 0 saturated heterocycles. The van der Waals surface area contributed by atoms with Gasteiger partial charge < -0.3 is 15.0 Å². The number of nitrogens with zero attached hydrogens (tertiary/aromatic N) is 3. The van der Waals surface area contributed by atoms with E-state index in [0.717, 1.165) is 27.8 Å². The lowest BCUT2D eigenvalue weighted by atomic mass is 10.1. The molecule has 1 unspecified atom stereocenters. The van der Waals surface area contributed by atoms with Crippen LogP contribution in [0.2, 0.25) is 0 Å². The number of aromatic nitrogens is 3. The minimum Gasteiger partial charge on any atom is -0.481 e. The number of carboxylic acids is 1. The summed E-state index contributed by atoms with van der Waals surface area (Å²) < 4.78 is 0. The van der Waals surface area contributed by atoms with E-state index in [1.54, 1.807) is 6.92 Å². The fourth-order valence-corrected chi connectivity index (χ4v) is 2.52. The minimum absolute atomic E-state index is 0.390. The van der Waals surface area contributed by atoms with Crippen LogP contribution >= 0.6 is 0 Å². The Morgan fingerprint density at radius 3 is 2.90 bits per heavy atom. The number of H-pyrrole nitrogens is 1. The van der Waals surface area contributed by atoms with Crippen LogP contribution in [0.3, 0.4) is 0 Å². The van der Waals surface area contributed by atoms with Gasteiger partial charge in [0.2, 0.25) is 0 Å². The van der Waals surface area contributed by atoms with Gasteiger partial charge >= 0.3 is 5.97 Å². The Hall–Kier alpha value is -2.63. The Balaban J connectivity index is 2.11. The van der Waals surface area contributed by atoms with E-state index < -0.39 is 11.9 Å². The van der Waals surface area contributed by atoms with Crippen LogP contribution in [0.1, 0.15) is 6.92 Å². The molecule has 3 rings (SSSR count). The summed E-state index contributed by atoms with van der Waals surface area (Å²) in [5.41, 5.74) is 1.75. The lowest BCUT2D eigenvalue weighted by Gasteiger charge is -2.20. The zero-order chi connectivity index (χ0) is 15.0. The first-order chi connectivity index (χ1) is 10.1. The molecule has 2 heterocycles. The third-order valence-corrected chi connectivity index (χ3v) is 3.61. The van der Waals surface area contributed by atoms with Crippen LogP contribution < -0.4 is 4.90 Å². The van der Waals surface area contributed by atoms with Crippen molar-refractivity contribution in [3.8, 4) is 0 Å². The second-order valence-electron chi connectivity index (χ2n) is 5.21. The topological polar surface area (TPSA) is 82.1 Å². The largest absolute Gasteiger partial charge is 0.481 e. The number of nitrogens with one attached hydrogen (secondary N) is 1. The van der Waals surface area contributed by atoms with E-state index in [9.17, 15) is 4.79 Å². The first kappa shape index (κ1) is 13.4. The molecule has 6 heteroatoms. The average Bonchev–Trinajstić information content (AvgIpc) is 2.85. The summed E-state index contributed by atoms with van der Waals surface area (Å²) in [7, 11) is 1.85. The Labute approximate surface area is 121 Å². The highest BCUT2D eigenvalue weighted by molar-refractivity contribution is 6.11. The van der Waals surface area contributed by atoms with Crippen molar-refractivity contribution >= 4 is 33.7 Å². The summed E-state index contributed by atoms with van der Waals surface area (Å²) in [5, 5.41) is 11.0. The lowest BCUT2D eigenvalue weighted by Crippen LogP contribution is -2.29. The first-order valence-electron chi connectivity index (χ1n) is 6.73. The number of fused-ring (bicyclic) bond motifs is 3. The standard InChI is InChI=1S/C15H16N4O2/c1-9(15(20)21)7-19(2)14-12-10-5-3-4-6-11(10)18-13(12)16-8-17-14/h3-6,8-9H,7H2,1-2H3,(H,20,21)(H,16,17,18). The van der Waals surface area contributed by atoms with Crippen molar-refractivity contribution in [1.29, 1.82) is 0 Å². The molecule has 0 bridgehead atoms. The maximum absolute atomic E-state index is 11.0. The van der Waals surface area contributed by atoms with E-state index in [1.165, 1.54) is 6.33 Å². The minimum atomic E-state index is -0.814. The van der Waals surface area contributed by atoms with Gasteiger partial charge in [-0.25, -0.2) is 9.97 Å². The highest BCUT2D eigenvalue weighted by Gasteiger charge is 2.18. The lowest BCUT2D eigenvalue weighted by molar-refractivity contribution is -0.140. The van der Waals surface area contributed by atoms with Gasteiger partial charge in [0.25, 0.3) is 0 Å². The number of carbonyl (C=O) groups is 1. The molecule has 3 aromatic rings. The number of benzene rings is 1. The van der Waals surface area contributed by atoms with E-state index in [-0.39, 0.29) is 0 Å². The number of carboxylic acid groups (broad SMARTS) is 1. The van der Waals surface area contributed by atoms with Gasteiger partial charge in [-0.2, -0.15) is 0 Å². The molecule has 2 N–H and O–H groups in total. The zero-order valence-electron chi connectivity index (χ0n) is 11.9.